The SMILES string of the molecule is O=C1C[C@]2(CC(c3ccc(Cl)cc3)=NO2)C(=O)N1c1ccc(Cl)cc1. The summed E-state index contributed by atoms with van der Waals surface area (Å²) >= 11 is 11.8. The van der Waals surface area contributed by atoms with Crippen LogP contribution in [0.3, 0.4) is 0 Å². The highest BCUT2D eigenvalue weighted by Crippen LogP contribution is 2.39. The van der Waals surface area contributed by atoms with Crippen LogP contribution in [0.1, 0.15) is 18.4 Å². The normalized spacial score (nSPS) is 22.5. The number of carbonyl (C=O) groups is 2. The molecule has 0 unspecified atom stereocenters. The molecule has 1 saturated heterocycles. The predicted molar refractivity (Wildman–Crippen MR) is 95.0 cm³/mol. The molecule has 0 aromatic heterocycles. The third kappa shape index (κ3) is 2.69. The Morgan fingerprint density at radius 2 is 1.52 bits per heavy atom. The van der Waals surface area contributed by atoms with Crippen molar-refractivity contribution in [2.75, 3.05) is 4.90 Å². The molecule has 0 radical (unpaired) electrons. The fraction of sp³-hybridized carbons (Fsp3) is 0.167. The first-order valence-electron chi connectivity index (χ1n) is 7.62. The maximum atomic E-state index is 12.9. The number of hydrogen-bond acceptors (Lipinski definition) is 4. The lowest BCUT2D eigenvalue weighted by Gasteiger charge is -2.19. The largest absolute Gasteiger partial charge is 0.378 e. The van der Waals surface area contributed by atoms with E-state index in [4.69, 9.17) is 28.0 Å². The second-order valence-electron chi connectivity index (χ2n) is 5.99. The topological polar surface area (TPSA) is 59.0 Å². The highest BCUT2D eigenvalue weighted by Gasteiger charge is 2.58. The minimum atomic E-state index is -1.27. The van der Waals surface area contributed by atoms with Gasteiger partial charge in [0.05, 0.1) is 17.8 Å². The molecule has 7 heteroatoms. The molecule has 0 N–H and O–H groups in total. The van der Waals surface area contributed by atoms with Crippen molar-refractivity contribution < 1.29 is 14.4 Å². The molecule has 4 rings (SSSR count). The van der Waals surface area contributed by atoms with Crippen molar-refractivity contribution >= 4 is 46.4 Å². The monoisotopic (exact) mass is 374 g/mol. The zero-order valence-corrected chi connectivity index (χ0v) is 14.4. The Morgan fingerprint density at radius 1 is 0.920 bits per heavy atom. The number of benzene rings is 2. The minimum Gasteiger partial charge on any atom is -0.378 e. The van der Waals surface area contributed by atoms with E-state index in [2.05, 4.69) is 5.16 Å². The molecular formula is C18H12Cl2N2O3. The Morgan fingerprint density at radius 3 is 2.16 bits per heavy atom. The first kappa shape index (κ1) is 16.1. The fourth-order valence-electron chi connectivity index (χ4n) is 3.05. The van der Waals surface area contributed by atoms with E-state index in [9.17, 15) is 9.59 Å². The fourth-order valence-corrected chi connectivity index (χ4v) is 3.30. The second-order valence-corrected chi connectivity index (χ2v) is 6.87. The number of halogens is 2. The second kappa shape index (κ2) is 5.86. The van der Waals surface area contributed by atoms with Crippen molar-refractivity contribution in [3.8, 4) is 0 Å². The van der Waals surface area contributed by atoms with Crippen LogP contribution in [0.15, 0.2) is 53.7 Å². The molecule has 2 aliphatic rings. The Labute approximate surface area is 153 Å². The van der Waals surface area contributed by atoms with Crippen LogP contribution in [0.5, 0.6) is 0 Å². The molecule has 5 nitrogen and oxygen atoms in total. The number of hydrogen-bond donors (Lipinski definition) is 0. The van der Waals surface area contributed by atoms with E-state index in [0.717, 1.165) is 10.5 Å². The van der Waals surface area contributed by atoms with Gasteiger partial charge in [-0.1, -0.05) is 40.5 Å². The van der Waals surface area contributed by atoms with Gasteiger partial charge in [0.25, 0.3) is 5.91 Å². The summed E-state index contributed by atoms with van der Waals surface area (Å²) in [5, 5.41) is 5.19. The van der Waals surface area contributed by atoms with E-state index < -0.39 is 11.5 Å². The number of anilines is 1. The Hall–Kier alpha value is -2.37. The molecule has 1 spiro atoms. The van der Waals surface area contributed by atoms with Crippen molar-refractivity contribution in [1.82, 2.24) is 0 Å². The minimum absolute atomic E-state index is 0.0466. The summed E-state index contributed by atoms with van der Waals surface area (Å²) in [6.45, 7) is 0. The van der Waals surface area contributed by atoms with E-state index in [1.807, 2.05) is 12.1 Å². The van der Waals surface area contributed by atoms with E-state index in [1.165, 1.54) is 0 Å². The van der Waals surface area contributed by atoms with Crippen LogP contribution in [0, 0.1) is 0 Å². The van der Waals surface area contributed by atoms with Crippen LogP contribution < -0.4 is 4.90 Å². The highest BCUT2D eigenvalue weighted by molar-refractivity contribution is 6.31. The summed E-state index contributed by atoms with van der Waals surface area (Å²) in [5.74, 6) is -0.729. The quantitative estimate of drug-likeness (QED) is 0.750. The number of oxime groups is 1. The molecule has 0 bridgehead atoms. The first-order valence-corrected chi connectivity index (χ1v) is 8.38. The van der Waals surface area contributed by atoms with Crippen LogP contribution in [0.25, 0.3) is 0 Å². The molecule has 2 heterocycles. The lowest BCUT2D eigenvalue weighted by atomic mass is 9.92. The third-order valence-electron chi connectivity index (χ3n) is 4.32. The van der Waals surface area contributed by atoms with Gasteiger partial charge in [0.1, 0.15) is 0 Å². The van der Waals surface area contributed by atoms with E-state index in [-0.39, 0.29) is 18.7 Å². The van der Waals surface area contributed by atoms with E-state index in [1.54, 1.807) is 36.4 Å². The van der Waals surface area contributed by atoms with Crippen molar-refractivity contribution in [3.05, 3.63) is 64.1 Å². The van der Waals surface area contributed by atoms with Gasteiger partial charge in [-0.25, -0.2) is 4.90 Å². The first-order chi connectivity index (χ1) is 12.0. The molecule has 25 heavy (non-hydrogen) atoms. The number of carbonyl (C=O) groups excluding carboxylic acids is 2. The van der Waals surface area contributed by atoms with Gasteiger partial charge in [-0.2, -0.15) is 0 Å². The number of imide groups is 1. The third-order valence-corrected chi connectivity index (χ3v) is 4.83. The molecule has 2 aromatic rings. The molecule has 0 aliphatic carbocycles. The van der Waals surface area contributed by atoms with Gasteiger partial charge >= 0.3 is 0 Å². The van der Waals surface area contributed by atoms with Crippen LogP contribution in [0.2, 0.25) is 10.0 Å². The molecule has 2 aliphatic heterocycles. The van der Waals surface area contributed by atoms with Crippen LogP contribution in [-0.4, -0.2) is 23.1 Å². The Kier molecular flexibility index (Phi) is 3.78. The zero-order valence-electron chi connectivity index (χ0n) is 12.9. The summed E-state index contributed by atoms with van der Waals surface area (Å²) in [6, 6.07) is 13.6. The zero-order chi connectivity index (χ0) is 17.6. The number of amides is 2. The maximum Gasteiger partial charge on any atom is 0.281 e. The van der Waals surface area contributed by atoms with Crippen molar-refractivity contribution in [2.45, 2.75) is 18.4 Å². The standard InChI is InChI=1S/C18H12Cl2N2O3/c19-12-3-1-11(2-4-12)15-9-18(25-21-15)10-16(23)22(17(18)24)14-7-5-13(20)6-8-14/h1-8H,9-10H2/t18-/m1/s1. The van der Waals surface area contributed by atoms with Crippen LogP contribution in [-0.2, 0) is 14.4 Å². The lowest BCUT2D eigenvalue weighted by molar-refractivity contribution is -0.136. The average Bonchev–Trinajstić information content (AvgIpc) is 3.12. The Bertz CT molecular complexity index is 894. The average molecular weight is 375 g/mol. The van der Waals surface area contributed by atoms with Gasteiger partial charge in [-0.05, 0) is 42.0 Å². The van der Waals surface area contributed by atoms with Crippen molar-refractivity contribution in [1.29, 1.82) is 0 Å². The molecular weight excluding hydrogens is 363 g/mol. The summed E-state index contributed by atoms with van der Waals surface area (Å²) in [7, 11) is 0. The Balaban J connectivity index is 1.60. The van der Waals surface area contributed by atoms with Gasteiger partial charge < -0.3 is 4.84 Å². The van der Waals surface area contributed by atoms with Gasteiger partial charge in [-0.3, -0.25) is 9.59 Å². The predicted octanol–water partition coefficient (Wildman–Crippen LogP) is 3.82. The molecule has 126 valence electrons. The number of nitrogens with zero attached hydrogens (tertiary/aromatic N) is 2. The van der Waals surface area contributed by atoms with Gasteiger partial charge in [0, 0.05) is 16.5 Å². The summed E-state index contributed by atoms with van der Waals surface area (Å²) in [5.41, 5.74) is 0.633. The van der Waals surface area contributed by atoms with Crippen molar-refractivity contribution in [2.24, 2.45) is 5.16 Å². The molecule has 1 atom stereocenters. The van der Waals surface area contributed by atoms with E-state index >= 15 is 0 Å². The summed E-state index contributed by atoms with van der Waals surface area (Å²) < 4.78 is 0. The highest BCUT2D eigenvalue weighted by atomic mass is 35.5. The van der Waals surface area contributed by atoms with Gasteiger partial charge in [-0.15, -0.1) is 0 Å². The lowest BCUT2D eigenvalue weighted by Crippen LogP contribution is -2.40. The van der Waals surface area contributed by atoms with Gasteiger partial charge in [0.2, 0.25) is 11.5 Å². The number of rotatable bonds is 2. The maximum absolute atomic E-state index is 12.9. The summed E-state index contributed by atoms with van der Waals surface area (Å²) in [4.78, 5) is 32.0. The van der Waals surface area contributed by atoms with E-state index in [0.29, 0.717) is 21.4 Å². The molecule has 1 fully saturated rings. The molecule has 2 aromatic carbocycles. The molecule has 0 saturated carbocycles. The van der Waals surface area contributed by atoms with Crippen LogP contribution in [0.4, 0.5) is 5.69 Å². The van der Waals surface area contributed by atoms with Gasteiger partial charge in [0.15, 0.2) is 0 Å². The van der Waals surface area contributed by atoms with Crippen LogP contribution >= 0.6 is 23.2 Å². The molecule has 2 amide bonds. The summed E-state index contributed by atoms with van der Waals surface area (Å²) in [6.07, 6.45) is 0.193. The smallest absolute Gasteiger partial charge is 0.281 e. The van der Waals surface area contributed by atoms with Crippen molar-refractivity contribution in [3.63, 3.8) is 0 Å².